The van der Waals surface area contributed by atoms with Crippen LogP contribution in [0.4, 0.5) is 0 Å². The Morgan fingerprint density at radius 3 is 1.89 bits per heavy atom. The van der Waals surface area contributed by atoms with Gasteiger partial charge in [-0.1, -0.05) is 97.1 Å². The van der Waals surface area contributed by atoms with Gasteiger partial charge in [-0.25, -0.2) is 0 Å². The van der Waals surface area contributed by atoms with E-state index in [0.29, 0.717) is 0 Å². The van der Waals surface area contributed by atoms with Gasteiger partial charge in [0, 0.05) is 21.5 Å². The highest BCUT2D eigenvalue weighted by atomic mass is 14.9. The topological polar surface area (TPSA) is 4.41 Å². The van der Waals surface area contributed by atoms with Gasteiger partial charge in [0.25, 0.3) is 0 Å². The molecule has 0 aliphatic carbocycles. The van der Waals surface area contributed by atoms with Crippen LogP contribution < -0.4 is 0 Å². The first-order chi connectivity index (χ1) is 18.3. The number of hydrogen-bond donors (Lipinski definition) is 0. The second kappa shape index (κ2) is 6.87. The van der Waals surface area contributed by atoms with Crippen molar-refractivity contribution in [1.29, 1.82) is 0 Å². The van der Waals surface area contributed by atoms with Crippen LogP contribution in [0.5, 0.6) is 0 Å². The van der Waals surface area contributed by atoms with Crippen LogP contribution >= 0.6 is 0 Å². The molecular formula is C36H21N. The maximum absolute atomic E-state index is 2.47. The molecule has 2 heterocycles. The first kappa shape index (κ1) is 19.3. The Morgan fingerprint density at radius 1 is 0.351 bits per heavy atom. The highest BCUT2D eigenvalue weighted by Gasteiger charge is 2.19. The SMILES string of the molecule is c1ccc2c(c1)ccc1cc(-c3ccc4c(c3)c3cc5ccccc5c5c6ccccc6n4c35)ccc12. The summed E-state index contributed by atoms with van der Waals surface area (Å²) in [6.45, 7) is 0. The molecule has 170 valence electrons. The molecule has 0 atom stereocenters. The quantitative estimate of drug-likeness (QED) is 0.212. The Morgan fingerprint density at radius 2 is 0.973 bits per heavy atom. The Kier molecular flexibility index (Phi) is 3.59. The zero-order valence-electron chi connectivity index (χ0n) is 20.1. The van der Waals surface area contributed by atoms with E-state index in [4.69, 9.17) is 0 Å². The van der Waals surface area contributed by atoms with Crippen molar-refractivity contribution in [3.8, 4) is 11.1 Å². The van der Waals surface area contributed by atoms with Gasteiger partial charge in [-0.3, -0.25) is 0 Å². The first-order valence-electron chi connectivity index (χ1n) is 12.9. The molecule has 0 bridgehead atoms. The molecule has 0 amide bonds. The summed E-state index contributed by atoms with van der Waals surface area (Å²) < 4.78 is 2.47. The Hall–Kier alpha value is -4.88. The molecule has 1 nitrogen and oxygen atoms in total. The summed E-state index contributed by atoms with van der Waals surface area (Å²) in [7, 11) is 0. The molecule has 0 unspecified atom stereocenters. The van der Waals surface area contributed by atoms with Gasteiger partial charge in [-0.05, 0) is 73.8 Å². The number of benzene rings is 7. The Balaban J connectivity index is 1.37. The normalized spacial score (nSPS) is 12.3. The molecule has 1 heteroatoms. The summed E-state index contributed by atoms with van der Waals surface area (Å²) in [5.74, 6) is 0. The molecule has 0 N–H and O–H groups in total. The monoisotopic (exact) mass is 467 g/mol. The largest absolute Gasteiger partial charge is 0.308 e. The van der Waals surface area contributed by atoms with Gasteiger partial charge in [0.2, 0.25) is 0 Å². The summed E-state index contributed by atoms with van der Waals surface area (Å²) in [6.07, 6.45) is 0. The van der Waals surface area contributed by atoms with Gasteiger partial charge >= 0.3 is 0 Å². The summed E-state index contributed by atoms with van der Waals surface area (Å²) in [6, 6.07) is 47.0. The van der Waals surface area contributed by atoms with Crippen molar-refractivity contribution in [3.05, 3.63) is 127 Å². The van der Waals surface area contributed by atoms with Crippen molar-refractivity contribution in [2.75, 3.05) is 0 Å². The number of aromatic nitrogens is 1. The fourth-order valence-electron chi connectivity index (χ4n) is 6.62. The van der Waals surface area contributed by atoms with Crippen LogP contribution in [0, 0.1) is 0 Å². The minimum Gasteiger partial charge on any atom is -0.308 e. The molecular weight excluding hydrogens is 446 g/mol. The van der Waals surface area contributed by atoms with Crippen LogP contribution in [0.2, 0.25) is 0 Å². The predicted molar refractivity (Wildman–Crippen MR) is 159 cm³/mol. The molecule has 0 fully saturated rings. The zero-order valence-corrected chi connectivity index (χ0v) is 20.1. The van der Waals surface area contributed by atoms with Crippen molar-refractivity contribution in [1.82, 2.24) is 4.40 Å². The molecule has 0 spiro atoms. The number of rotatable bonds is 1. The summed E-state index contributed by atoms with van der Waals surface area (Å²) in [5, 5.41) is 13.1. The lowest BCUT2D eigenvalue weighted by Gasteiger charge is -2.08. The second-order valence-corrected chi connectivity index (χ2v) is 10.2. The zero-order chi connectivity index (χ0) is 24.1. The fraction of sp³-hybridized carbons (Fsp3) is 0. The van der Waals surface area contributed by atoms with E-state index in [1.54, 1.807) is 0 Å². The molecule has 7 aromatic carbocycles. The van der Waals surface area contributed by atoms with Gasteiger partial charge in [0.05, 0.1) is 16.6 Å². The number of fused-ring (bicyclic) bond motifs is 11. The number of para-hydroxylation sites is 1. The van der Waals surface area contributed by atoms with Gasteiger partial charge in [-0.15, -0.1) is 0 Å². The van der Waals surface area contributed by atoms with Crippen LogP contribution in [0.1, 0.15) is 0 Å². The predicted octanol–water partition coefficient (Wildman–Crippen LogP) is 9.96. The highest BCUT2D eigenvalue weighted by molar-refractivity contribution is 6.31. The van der Waals surface area contributed by atoms with E-state index in [9.17, 15) is 0 Å². The maximum Gasteiger partial charge on any atom is 0.0626 e. The van der Waals surface area contributed by atoms with Gasteiger partial charge in [0.15, 0.2) is 0 Å². The second-order valence-electron chi connectivity index (χ2n) is 10.2. The Labute approximate surface area is 213 Å². The lowest BCUT2D eigenvalue weighted by atomic mass is 9.96. The van der Waals surface area contributed by atoms with Crippen LogP contribution in [0.3, 0.4) is 0 Å². The molecule has 0 aliphatic heterocycles. The molecule has 0 saturated carbocycles. The van der Waals surface area contributed by atoms with E-state index >= 15 is 0 Å². The third kappa shape index (κ3) is 2.48. The van der Waals surface area contributed by atoms with E-state index in [0.717, 1.165) is 0 Å². The van der Waals surface area contributed by atoms with Crippen LogP contribution in [-0.2, 0) is 0 Å². The molecule has 0 radical (unpaired) electrons. The number of nitrogens with zero attached hydrogens (tertiary/aromatic N) is 1. The van der Waals surface area contributed by atoms with E-state index in [2.05, 4.69) is 132 Å². The fourth-order valence-corrected chi connectivity index (χ4v) is 6.62. The van der Waals surface area contributed by atoms with Gasteiger partial charge in [0.1, 0.15) is 0 Å². The summed E-state index contributed by atoms with van der Waals surface area (Å²) >= 11 is 0. The molecule has 9 aromatic rings. The smallest absolute Gasteiger partial charge is 0.0626 e. The first-order valence-corrected chi connectivity index (χ1v) is 12.9. The molecule has 0 saturated heterocycles. The number of hydrogen-bond acceptors (Lipinski definition) is 0. The van der Waals surface area contributed by atoms with E-state index in [1.165, 1.54) is 81.5 Å². The van der Waals surface area contributed by atoms with Crippen molar-refractivity contribution in [2.24, 2.45) is 0 Å². The van der Waals surface area contributed by atoms with Crippen molar-refractivity contribution in [3.63, 3.8) is 0 Å². The molecule has 37 heavy (non-hydrogen) atoms. The average Bonchev–Trinajstić information content (AvgIpc) is 3.48. The lowest BCUT2D eigenvalue weighted by Crippen LogP contribution is -1.83. The lowest BCUT2D eigenvalue weighted by molar-refractivity contribution is 1.37. The minimum absolute atomic E-state index is 1.25. The van der Waals surface area contributed by atoms with Gasteiger partial charge in [-0.2, -0.15) is 0 Å². The van der Waals surface area contributed by atoms with E-state index < -0.39 is 0 Å². The summed E-state index contributed by atoms with van der Waals surface area (Å²) in [5.41, 5.74) is 6.39. The average molecular weight is 468 g/mol. The summed E-state index contributed by atoms with van der Waals surface area (Å²) in [4.78, 5) is 0. The van der Waals surface area contributed by atoms with Gasteiger partial charge < -0.3 is 4.40 Å². The van der Waals surface area contributed by atoms with Crippen LogP contribution in [0.25, 0.3) is 81.5 Å². The van der Waals surface area contributed by atoms with Crippen molar-refractivity contribution < 1.29 is 0 Å². The third-order valence-electron chi connectivity index (χ3n) is 8.27. The maximum atomic E-state index is 2.47. The molecule has 9 rings (SSSR count). The molecule has 0 aliphatic rings. The highest BCUT2D eigenvalue weighted by Crippen LogP contribution is 2.43. The van der Waals surface area contributed by atoms with Crippen LogP contribution in [-0.4, -0.2) is 4.40 Å². The van der Waals surface area contributed by atoms with E-state index in [1.807, 2.05) is 0 Å². The molecule has 2 aromatic heterocycles. The van der Waals surface area contributed by atoms with Crippen molar-refractivity contribution in [2.45, 2.75) is 0 Å². The van der Waals surface area contributed by atoms with Crippen LogP contribution in [0.15, 0.2) is 127 Å². The van der Waals surface area contributed by atoms with E-state index in [-0.39, 0.29) is 0 Å². The Bertz CT molecular complexity index is 2350. The minimum atomic E-state index is 1.25. The third-order valence-corrected chi connectivity index (χ3v) is 8.27. The van der Waals surface area contributed by atoms with Crippen molar-refractivity contribution >= 4 is 70.4 Å². The standard InChI is InChI=1S/C36H21N/c1-3-9-27-22(7-1)13-14-26-19-23(15-17-28(26)27)24-16-18-34-31(20-24)32-21-25-8-2-4-10-29(25)35-30-11-5-6-12-33(30)37(34)36(32)35/h1-21H.